The summed E-state index contributed by atoms with van der Waals surface area (Å²) in [5.41, 5.74) is 32.4. The van der Waals surface area contributed by atoms with Crippen LogP contribution in [0.4, 0.5) is 34.1 Å². The Hall–Kier alpha value is -12.6. The molecule has 0 radical (unpaired) electrons. The fourth-order valence-corrected chi connectivity index (χ4v) is 17.1. The molecule has 0 bridgehead atoms. The van der Waals surface area contributed by atoms with Gasteiger partial charge in [0.05, 0.1) is 11.0 Å². The molecule has 0 aliphatic heterocycles. The van der Waals surface area contributed by atoms with Crippen LogP contribution in [0.1, 0.15) is 49.9 Å². The lowest BCUT2D eigenvalue weighted by molar-refractivity contribution is 0.660. The van der Waals surface area contributed by atoms with Gasteiger partial charge < -0.3 is 14.4 Å². The Balaban J connectivity index is 0.734. The number of rotatable bonds is 12. The van der Waals surface area contributed by atoms with Crippen molar-refractivity contribution in [2.24, 2.45) is 0 Å². The first-order chi connectivity index (χ1) is 49.6. The number of fused-ring (bicyclic) bond motifs is 11. The lowest BCUT2D eigenvalue weighted by Gasteiger charge is -2.29. The predicted octanol–water partition coefficient (Wildman–Crippen LogP) is 27.0. The number of aromatic nitrogens is 1. The van der Waals surface area contributed by atoms with Gasteiger partial charge in [-0.05, 0) is 231 Å². The number of para-hydroxylation sites is 2. The number of anilines is 6. The monoisotopic (exact) mass is 1290 g/mol. The van der Waals surface area contributed by atoms with E-state index in [0.717, 1.165) is 73.1 Å². The molecule has 3 nitrogen and oxygen atoms in total. The topological polar surface area (TPSA) is 11.4 Å². The van der Waals surface area contributed by atoms with Gasteiger partial charge in [-0.15, -0.1) is 0 Å². The normalized spacial score (nSPS) is 13.1. The molecular formula is C98H71N3. The van der Waals surface area contributed by atoms with Gasteiger partial charge in [0.15, 0.2) is 0 Å². The Kier molecular flexibility index (Phi) is 13.9. The van der Waals surface area contributed by atoms with Gasteiger partial charge in [-0.3, -0.25) is 0 Å². The molecule has 0 fully saturated rings. The first-order valence-corrected chi connectivity index (χ1v) is 35.3. The Bertz CT molecular complexity index is 6030. The molecule has 0 unspecified atom stereocenters. The van der Waals surface area contributed by atoms with E-state index in [9.17, 15) is 0 Å². The van der Waals surface area contributed by atoms with Crippen molar-refractivity contribution in [3.05, 3.63) is 380 Å². The molecule has 0 saturated carbocycles. The Morgan fingerprint density at radius 2 is 0.574 bits per heavy atom. The van der Waals surface area contributed by atoms with Crippen LogP contribution in [0.3, 0.4) is 0 Å². The molecule has 2 aliphatic rings. The van der Waals surface area contributed by atoms with Crippen LogP contribution < -0.4 is 9.80 Å². The molecule has 0 amide bonds. The van der Waals surface area contributed by atoms with Crippen LogP contribution in [-0.4, -0.2) is 4.57 Å². The molecule has 3 heteroatoms. The quantitative estimate of drug-likeness (QED) is 0.113. The fourth-order valence-electron chi connectivity index (χ4n) is 17.1. The van der Waals surface area contributed by atoms with E-state index < -0.39 is 0 Å². The number of benzene rings is 16. The van der Waals surface area contributed by atoms with Gasteiger partial charge in [-0.25, -0.2) is 0 Å². The summed E-state index contributed by atoms with van der Waals surface area (Å²) < 4.78 is 2.47. The molecule has 0 saturated heterocycles. The standard InChI is InChI=1S/C98H71N3/c1-97(2)88-39-23-21-33-78(88)79-56-55-76(62-90(79)97)99(71-29-13-7-14-30-71)73-49-41-64(42-50-73)69-47-57-92-86(59-69)87-60-70(48-58-93(87)101(92)75-53-45-68(46-54-75)95-82-36-19-17-34-80(82)94(67-27-11-6-12-28-67)81-35-18-20-37-83(81)95)65-43-51-74(52-44-65)100(72-31-15-8-16-32-72)77-61-85(66-25-9-5-10-26-66)96-84-38-22-24-40-89(84)98(3,4)91(96)63-77/h5-63H,1-4H3. The van der Waals surface area contributed by atoms with Crippen LogP contribution >= 0.6 is 0 Å². The van der Waals surface area contributed by atoms with Crippen LogP contribution in [0.25, 0.3) is 127 Å². The molecule has 17 aromatic rings. The highest BCUT2D eigenvalue weighted by atomic mass is 15.1. The minimum absolute atomic E-state index is 0.125. The minimum atomic E-state index is -0.199. The summed E-state index contributed by atoms with van der Waals surface area (Å²) in [4.78, 5) is 4.83. The Labute approximate surface area is 590 Å². The third-order valence-electron chi connectivity index (χ3n) is 22.0. The van der Waals surface area contributed by atoms with E-state index in [1.807, 2.05) is 0 Å². The van der Waals surface area contributed by atoms with Gasteiger partial charge in [0.25, 0.3) is 0 Å². The minimum Gasteiger partial charge on any atom is -0.310 e. The molecule has 0 N–H and O–H groups in total. The van der Waals surface area contributed by atoms with E-state index in [1.165, 1.54) is 110 Å². The number of hydrogen-bond acceptors (Lipinski definition) is 2. The highest BCUT2D eigenvalue weighted by Crippen LogP contribution is 2.56. The largest absolute Gasteiger partial charge is 0.310 e. The van der Waals surface area contributed by atoms with Crippen molar-refractivity contribution in [1.82, 2.24) is 4.57 Å². The first-order valence-electron chi connectivity index (χ1n) is 35.3. The average molecular weight is 1290 g/mol. The molecule has 2 aliphatic carbocycles. The third kappa shape index (κ3) is 9.71. The van der Waals surface area contributed by atoms with Gasteiger partial charge in [-0.1, -0.05) is 276 Å². The van der Waals surface area contributed by atoms with Gasteiger partial charge in [0.1, 0.15) is 0 Å². The summed E-state index contributed by atoms with van der Waals surface area (Å²) in [6, 6.07) is 133. The van der Waals surface area contributed by atoms with E-state index in [1.54, 1.807) is 0 Å². The van der Waals surface area contributed by atoms with Crippen LogP contribution in [0.15, 0.2) is 358 Å². The second-order valence-electron chi connectivity index (χ2n) is 28.3. The van der Waals surface area contributed by atoms with Crippen LogP contribution in [-0.2, 0) is 10.8 Å². The Morgan fingerprint density at radius 3 is 1.10 bits per heavy atom. The zero-order valence-corrected chi connectivity index (χ0v) is 56.9. The van der Waals surface area contributed by atoms with Crippen LogP contribution in [0, 0.1) is 0 Å². The maximum Gasteiger partial charge on any atom is 0.0541 e. The van der Waals surface area contributed by atoms with Crippen molar-refractivity contribution >= 4 is 77.5 Å². The van der Waals surface area contributed by atoms with E-state index in [2.05, 4.69) is 400 Å². The predicted molar refractivity (Wildman–Crippen MR) is 427 cm³/mol. The van der Waals surface area contributed by atoms with E-state index in [0.29, 0.717) is 0 Å². The first kappa shape index (κ1) is 59.7. The number of nitrogens with zero attached hydrogens (tertiary/aromatic N) is 3. The number of hydrogen-bond donors (Lipinski definition) is 0. The maximum atomic E-state index is 2.47. The lowest BCUT2D eigenvalue weighted by atomic mass is 9.81. The van der Waals surface area contributed by atoms with Crippen molar-refractivity contribution in [1.29, 1.82) is 0 Å². The van der Waals surface area contributed by atoms with Crippen molar-refractivity contribution in [3.63, 3.8) is 0 Å². The van der Waals surface area contributed by atoms with Gasteiger partial charge in [0.2, 0.25) is 0 Å². The van der Waals surface area contributed by atoms with E-state index in [4.69, 9.17) is 0 Å². The second-order valence-corrected chi connectivity index (χ2v) is 28.3. The molecule has 478 valence electrons. The highest BCUT2D eigenvalue weighted by molar-refractivity contribution is 6.21. The van der Waals surface area contributed by atoms with Crippen LogP contribution in [0.5, 0.6) is 0 Å². The molecule has 101 heavy (non-hydrogen) atoms. The smallest absolute Gasteiger partial charge is 0.0541 e. The third-order valence-corrected chi connectivity index (χ3v) is 22.0. The van der Waals surface area contributed by atoms with Gasteiger partial charge >= 0.3 is 0 Å². The van der Waals surface area contributed by atoms with Crippen molar-refractivity contribution in [2.75, 3.05) is 9.80 Å². The summed E-state index contributed by atoms with van der Waals surface area (Å²) in [6.07, 6.45) is 0. The van der Waals surface area contributed by atoms with Crippen molar-refractivity contribution < 1.29 is 0 Å². The summed E-state index contributed by atoms with van der Waals surface area (Å²) in [5.74, 6) is 0. The fraction of sp³-hybridized carbons (Fsp3) is 0.0612. The molecule has 0 spiro atoms. The molecule has 19 rings (SSSR count). The average Bonchev–Trinajstić information content (AvgIpc) is 1.73. The summed E-state index contributed by atoms with van der Waals surface area (Å²) in [7, 11) is 0. The second kappa shape index (κ2) is 23.6. The van der Waals surface area contributed by atoms with Gasteiger partial charge in [0, 0.05) is 61.4 Å². The highest BCUT2D eigenvalue weighted by Gasteiger charge is 2.39. The molecule has 1 heterocycles. The van der Waals surface area contributed by atoms with Gasteiger partial charge in [-0.2, -0.15) is 0 Å². The van der Waals surface area contributed by atoms with Crippen molar-refractivity contribution in [2.45, 2.75) is 38.5 Å². The Morgan fingerprint density at radius 1 is 0.208 bits per heavy atom. The lowest BCUT2D eigenvalue weighted by Crippen LogP contribution is -2.17. The molecule has 1 aromatic heterocycles. The zero-order valence-electron chi connectivity index (χ0n) is 56.9. The molecule has 16 aromatic carbocycles. The van der Waals surface area contributed by atoms with E-state index >= 15 is 0 Å². The molecule has 0 atom stereocenters. The summed E-state index contributed by atoms with van der Waals surface area (Å²) in [5, 5.41) is 7.36. The maximum absolute atomic E-state index is 2.47. The van der Waals surface area contributed by atoms with Crippen molar-refractivity contribution in [3.8, 4) is 83.6 Å². The summed E-state index contributed by atoms with van der Waals surface area (Å²) in [6.45, 7) is 9.48. The summed E-state index contributed by atoms with van der Waals surface area (Å²) >= 11 is 0. The zero-order chi connectivity index (χ0) is 67.5. The van der Waals surface area contributed by atoms with Crippen LogP contribution in [0.2, 0.25) is 0 Å². The SMILES string of the molecule is CC1(C)c2ccccc2-c2ccc(N(c3ccccc3)c3ccc(-c4ccc5c(c4)c4cc(-c6ccc(N(c7ccccc7)c7cc(-c8ccccc8)c8c(c7)C(C)(C)c7ccccc7-8)cc6)ccc4n5-c4ccc(-c5c6ccccc6c(-c6ccccc6)c6ccccc56)cc4)cc3)cc21. The molecular weight excluding hydrogens is 1220 g/mol. The van der Waals surface area contributed by atoms with E-state index in [-0.39, 0.29) is 10.8 Å².